The molecule has 0 aliphatic carbocycles. The third-order valence-electron chi connectivity index (χ3n) is 5.45. The maximum absolute atomic E-state index is 11.5. The van der Waals surface area contributed by atoms with Gasteiger partial charge in [-0.15, -0.1) is 22.6 Å². The number of piperidine rings is 1. The number of carboxylic acid groups (broad SMARTS) is 1. The van der Waals surface area contributed by atoms with Crippen LogP contribution < -0.4 is 15.0 Å². The molecule has 0 saturated carbocycles. The molecule has 0 spiro atoms. The molecule has 0 bridgehead atoms. The van der Waals surface area contributed by atoms with Crippen LogP contribution in [0.3, 0.4) is 0 Å². The highest BCUT2D eigenvalue weighted by molar-refractivity contribution is 6.32. The fourth-order valence-electron chi connectivity index (χ4n) is 3.72. The Bertz CT molecular complexity index is 1120. The number of methoxy groups -OCH3 is 1. The first-order chi connectivity index (χ1) is 15.0. The average molecular weight is 479 g/mol. The Kier molecular flexibility index (Phi) is 7.60. The Labute approximate surface area is 196 Å². The number of hydrogen-bond acceptors (Lipinski definition) is 7. The highest BCUT2D eigenvalue weighted by atomic mass is 35.5. The Hall–Kier alpha value is -2.81. The van der Waals surface area contributed by atoms with Gasteiger partial charge in [0.1, 0.15) is 5.75 Å². The first-order valence-corrected chi connectivity index (χ1v) is 10.4. The lowest BCUT2D eigenvalue weighted by Crippen LogP contribution is -2.36. The number of ether oxygens (including phenoxy) is 1. The lowest BCUT2D eigenvalue weighted by atomic mass is 10.1. The largest absolute Gasteiger partial charge is 0.495 e. The van der Waals surface area contributed by atoms with Crippen molar-refractivity contribution in [3.8, 4) is 5.75 Å². The summed E-state index contributed by atoms with van der Waals surface area (Å²) in [5, 5.41) is 33.3. The van der Waals surface area contributed by atoms with Gasteiger partial charge in [0.25, 0.3) is 0 Å². The van der Waals surface area contributed by atoms with Gasteiger partial charge >= 0.3 is 5.97 Å². The van der Waals surface area contributed by atoms with Crippen LogP contribution in [-0.4, -0.2) is 52.7 Å². The first kappa shape index (κ1) is 23.8. The van der Waals surface area contributed by atoms with E-state index in [2.05, 4.69) is 20.4 Å². The number of carbonyl (C=O) groups is 1. The summed E-state index contributed by atoms with van der Waals surface area (Å²) in [6.45, 7) is 1.77. The maximum atomic E-state index is 11.5. The number of halogens is 2. The van der Waals surface area contributed by atoms with Crippen LogP contribution in [0.25, 0.3) is 10.8 Å². The molecule has 0 amide bonds. The molecule has 2 aromatic carbocycles. The summed E-state index contributed by atoms with van der Waals surface area (Å²) >= 11 is 6.21. The first-order valence-electron chi connectivity index (χ1n) is 9.99. The summed E-state index contributed by atoms with van der Waals surface area (Å²) in [4.78, 5) is 13.6. The molecule has 1 saturated heterocycles. The summed E-state index contributed by atoms with van der Waals surface area (Å²) in [6, 6.07) is 10.4. The van der Waals surface area contributed by atoms with Crippen LogP contribution in [0.4, 0.5) is 11.6 Å². The normalized spacial score (nSPS) is 14.2. The van der Waals surface area contributed by atoms with Crippen molar-refractivity contribution in [3.63, 3.8) is 0 Å². The van der Waals surface area contributed by atoms with Crippen LogP contribution in [0.5, 0.6) is 5.75 Å². The van der Waals surface area contributed by atoms with E-state index in [4.69, 9.17) is 16.3 Å². The molecule has 0 unspecified atom stereocenters. The fraction of sp³-hybridized carbons (Fsp3) is 0.318. The van der Waals surface area contributed by atoms with Crippen LogP contribution in [0.1, 0.15) is 28.8 Å². The summed E-state index contributed by atoms with van der Waals surface area (Å²) in [5.41, 5.74) is 1.10. The second-order valence-corrected chi connectivity index (χ2v) is 7.89. The molecular weight excluding hydrogens is 455 g/mol. The molecule has 1 aliphatic rings. The zero-order chi connectivity index (χ0) is 22.0. The number of aliphatic hydroxyl groups excluding tert-OH is 1. The molecule has 2 heterocycles. The molecule has 3 N–H and O–H groups in total. The van der Waals surface area contributed by atoms with Crippen molar-refractivity contribution in [3.05, 3.63) is 52.5 Å². The smallest absolute Gasteiger partial charge is 0.335 e. The highest BCUT2D eigenvalue weighted by Crippen LogP contribution is 2.32. The van der Waals surface area contributed by atoms with Crippen molar-refractivity contribution in [2.75, 3.05) is 30.4 Å². The molecule has 0 atom stereocenters. The standard InChI is InChI=1S/C22H23ClN4O4.ClH/c1-31-19-5-2-13(10-18(19)23)12-24-20-17-11-14(22(29)30)3-4-16(17)21(26-25-20)27-8-6-15(28)7-9-27;/h2-5,10-11,15,28H,6-9,12H2,1H3,(H,24,25)(H,29,30);1H. The van der Waals surface area contributed by atoms with Crippen LogP contribution >= 0.6 is 24.0 Å². The lowest BCUT2D eigenvalue weighted by Gasteiger charge is -2.31. The molecule has 170 valence electrons. The van der Waals surface area contributed by atoms with Crippen molar-refractivity contribution < 1.29 is 19.7 Å². The Balaban J connectivity index is 0.00000289. The second kappa shape index (κ2) is 10.2. The minimum Gasteiger partial charge on any atom is -0.495 e. The third-order valence-corrected chi connectivity index (χ3v) is 5.74. The highest BCUT2D eigenvalue weighted by Gasteiger charge is 2.22. The van der Waals surface area contributed by atoms with Gasteiger partial charge in [-0.25, -0.2) is 4.79 Å². The fourth-order valence-corrected chi connectivity index (χ4v) is 4.00. The number of aromatic carboxylic acids is 1. The van der Waals surface area contributed by atoms with E-state index >= 15 is 0 Å². The zero-order valence-corrected chi connectivity index (χ0v) is 19.0. The quantitative estimate of drug-likeness (QED) is 0.487. The second-order valence-electron chi connectivity index (χ2n) is 7.48. The summed E-state index contributed by atoms with van der Waals surface area (Å²) in [5.74, 6) is 0.773. The van der Waals surface area contributed by atoms with Gasteiger partial charge in [0.2, 0.25) is 0 Å². The number of aliphatic hydroxyl groups is 1. The van der Waals surface area contributed by atoms with Crippen molar-refractivity contribution in [2.45, 2.75) is 25.5 Å². The molecule has 1 aromatic heterocycles. The van der Waals surface area contributed by atoms with Crippen LogP contribution in [-0.2, 0) is 6.54 Å². The number of benzene rings is 2. The minimum atomic E-state index is -1.01. The van der Waals surface area contributed by atoms with E-state index in [9.17, 15) is 15.0 Å². The summed E-state index contributed by atoms with van der Waals surface area (Å²) < 4.78 is 5.18. The van der Waals surface area contributed by atoms with E-state index in [0.29, 0.717) is 60.3 Å². The van der Waals surface area contributed by atoms with E-state index in [-0.39, 0.29) is 24.1 Å². The van der Waals surface area contributed by atoms with Crippen molar-refractivity contribution in [1.82, 2.24) is 10.2 Å². The molecule has 10 heteroatoms. The van der Waals surface area contributed by atoms with Crippen molar-refractivity contribution in [2.24, 2.45) is 0 Å². The SMILES string of the molecule is COc1ccc(CNc2nnc(N3CCC(O)CC3)c3ccc(C(=O)O)cc23)cc1Cl.Cl. The molecule has 1 aliphatic heterocycles. The zero-order valence-electron chi connectivity index (χ0n) is 17.4. The molecule has 8 nitrogen and oxygen atoms in total. The summed E-state index contributed by atoms with van der Waals surface area (Å²) in [6.07, 6.45) is 1.02. The van der Waals surface area contributed by atoms with Gasteiger partial charge in [-0.05, 0) is 48.7 Å². The van der Waals surface area contributed by atoms with Gasteiger partial charge in [-0.1, -0.05) is 17.7 Å². The number of fused-ring (bicyclic) bond motifs is 1. The predicted octanol–water partition coefficient (Wildman–Crippen LogP) is 3.99. The number of nitrogens with zero attached hydrogens (tertiary/aromatic N) is 3. The molecule has 3 aromatic rings. The molecule has 32 heavy (non-hydrogen) atoms. The third kappa shape index (κ3) is 4.98. The summed E-state index contributed by atoms with van der Waals surface area (Å²) in [7, 11) is 1.56. The molecular formula is C22H24Cl2N4O4. The van der Waals surface area contributed by atoms with E-state index in [0.717, 1.165) is 10.9 Å². The van der Waals surface area contributed by atoms with E-state index in [1.807, 2.05) is 6.07 Å². The van der Waals surface area contributed by atoms with Gasteiger partial charge in [-0.3, -0.25) is 0 Å². The number of nitrogens with one attached hydrogen (secondary N) is 1. The van der Waals surface area contributed by atoms with Crippen LogP contribution in [0, 0.1) is 0 Å². The number of anilines is 2. The number of hydrogen-bond donors (Lipinski definition) is 3. The molecule has 4 rings (SSSR count). The number of rotatable bonds is 6. The average Bonchev–Trinajstić information content (AvgIpc) is 2.77. The van der Waals surface area contributed by atoms with Gasteiger partial charge in [0, 0.05) is 30.4 Å². The van der Waals surface area contributed by atoms with E-state index < -0.39 is 5.97 Å². The van der Waals surface area contributed by atoms with Gasteiger partial charge < -0.3 is 25.2 Å². The predicted molar refractivity (Wildman–Crippen MR) is 127 cm³/mol. The lowest BCUT2D eigenvalue weighted by molar-refractivity contribution is 0.0697. The minimum absolute atomic E-state index is 0. The Morgan fingerprint density at radius 1 is 1.19 bits per heavy atom. The topological polar surface area (TPSA) is 108 Å². The number of aromatic nitrogens is 2. The molecule has 0 radical (unpaired) electrons. The monoisotopic (exact) mass is 478 g/mol. The van der Waals surface area contributed by atoms with Crippen LogP contribution in [0.15, 0.2) is 36.4 Å². The van der Waals surface area contributed by atoms with Crippen molar-refractivity contribution in [1.29, 1.82) is 0 Å². The van der Waals surface area contributed by atoms with E-state index in [1.165, 1.54) is 0 Å². The maximum Gasteiger partial charge on any atom is 0.335 e. The van der Waals surface area contributed by atoms with Crippen LogP contribution in [0.2, 0.25) is 5.02 Å². The van der Waals surface area contributed by atoms with E-state index in [1.54, 1.807) is 37.4 Å². The molecule has 1 fully saturated rings. The Morgan fingerprint density at radius 2 is 1.94 bits per heavy atom. The number of carboxylic acids is 1. The Morgan fingerprint density at radius 3 is 2.59 bits per heavy atom. The van der Waals surface area contributed by atoms with Gasteiger partial charge in [0.15, 0.2) is 11.6 Å². The van der Waals surface area contributed by atoms with Gasteiger partial charge in [-0.2, -0.15) is 0 Å². The van der Waals surface area contributed by atoms with Crippen molar-refractivity contribution >= 4 is 52.4 Å². The van der Waals surface area contributed by atoms with Gasteiger partial charge in [0.05, 0.1) is 23.8 Å².